The predicted molar refractivity (Wildman–Crippen MR) is 106 cm³/mol. The molecule has 0 radical (unpaired) electrons. The Morgan fingerprint density at radius 1 is 1.04 bits per heavy atom. The Kier molecular flexibility index (Phi) is 5.76. The fourth-order valence-electron chi connectivity index (χ4n) is 2.61. The summed E-state index contributed by atoms with van der Waals surface area (Å²) in [5.41, 5.74) is 1.03. The van der Waals surface area contributed by atoms with Crippen molar-refractivity contribution in [2.24, 2.45) is 0 Å². The van der Waals surface area contributed by atoms with Crippen LogP contribution in [0, 0.1) is 10.1 Å². The number of hydrogen-bond acceptors (Lipinski definition) is 5. The number of ether oxygens (including phenoxy) is 1. The third-order valence-electron chi connectivity index (χ3n) is 3.90. The lowest BCUT2D eigenvalue weighted by Gasteiger charge is -2.08. The van der Waals surface area contributed by atoms with E-state index in [9.17, 15) is 19.7 Å². The van der Waals surface area contributed by atoms with Crippen molar-refractivity contribution in [3.8, 4) is 0 Å². The van der Waals surface area contributed by atoms with Crippen molar-refractivity contribution < 1.29 is 19.2 Å². The van der Waals surface area contributed by atoms with Gasteiger partial charge in [0.25, 0.3) is 11.6 Å². The Bertz CT molecular complexity index is 1070. The summed E-state index contributed by atoms with van der Waals surface area (Å²) in [5.74, 6) is -1.19. The molecule has 0 spiro atoms. The number of benzene rings is 3. The van der Waals surface area contributed by atoms with Crippen LogP contribution in [0.2, 0.25) is 0 Å². The van der Waals surface area contributed by atoms with Crippen LogP contribution in [-0.2, 0) is 14.3 Å². The van der Waals surface area contributed by atoms with Gasteiger partial charge in [-0.2, -0.15) is 0 Å². The molecule has 0 aliphatic rings. The first-order valence-corrected chi connectivity index (χ1v) is 8.40. The standard InChI is InChI=1S/C21H16N2O5/c24-20(22-19-10-4-7-16-6-1-2-9-18(16)19)14-28-21(25)12-11-15-5-3-8-17(13-15)23(26)27/h1-13H,14H2,(H,22,24). The molecule has 0 atom stereocenters. The van der Waals surface area contributed by atoms with Crippen LogP contribution in [0.5, 0.6) is 0 Å². The van der Waals surface area contributed by atoms with Crippen molar-refractivity contribution >= 4 is 40.1 Å². The largest absolute Gasteiger partial charge is 0.452 e. The van der Waals surface area contributed by atoms with Gasteiger partial charge in [-0.1, -0.05) is 48.5 Å². The Balaban J connectivity index is 1.56. The molecule has 0 fully saturated rings. The summed E-state index contributed by atoms with van der Waals surface area (Å²) in [5, 5.41) is 15.3. The average molecular weight is 376 g/mol. The number of carbonyl (C=O) groups is 2. The van der Waals surface area contributed by atoms with Crippen molar-refractivity contribution in [1.82, 2.24) is 0 Å². The number of non-ortho nitro benzene ring substituents is 1. The van der Waals surface area contributed by atoms with Gasteiger partial charge >= 0.3 is 5.97 Å². The lowest BCUT2D eigenvalue weighted by molar-refractivity contribution is -0.384. The highest BCUT2D eigenvalue weighted by atomic mass is 16.6. The number of hydrogen-bond donors (Lipinski definition) is 1. The number of amides is 1. The van der Waals surface area contributed by atoms with Crippen LogP contribution in [0.3, 0.4) is 0 Å². The minimum absolute atomic E-state index is 0.0787. The Labute approximate surface area is 160 Å². The van der Waals surface area contributed by atoms with Gasteiger partial charge in [0.15, 0.2) is 6.61 Å². The number of nitro benzene ring substituents is 1. The molecule has 1 amide bonds. The Morgan fingerprint density at radius 2 is 1.79 bits per heavy atom. The van der Waals surface area contributed by atoms with Gasteiger partial charge in [0.1, 0.15) is 0 Å². The third-order valence-corrected chi connectivity index (χ3v) is 3.90. The van der Waals surface area contributed by atoms with E-state index in [-0.39, 0.29) is 5.69 Å². The number of anilines is 1. The molecule has 0 aliphatic heterocycles. The number of nitrogens with zero attached hydrogens (tertiary/aromatic N) is 1. The highest BCUT2D eigenvalue weighted by Crippen LogP contribution is 2.22. The monoisotopic (exact) mass is 376 g/mol. The number of nitrogens with one attached hydrogen (secondary N) is 1. The van der Waals surface area contributed by atoms with Gasteiger partial charge in [0.05, 0.1) is 4.92 Å². The third kappa shape index (κ3) is 4.79. The SMILES string of the molecule is O=C(COC(=O)C=Cc1cccc([N+](=O)[O-])c1)Nc1cccc2ccccc12. The number of nitro groups is 1. The molecule has 7 nitrogen and oxygen atoms in total. The second-order valence-electron chi connectivity index (χ2n) is 5.87. The van der Waals surface area contributed by atoms with Crippen LogP contribution in [0.1, 0.15) is 5.56 Å². The van der Waals surface area contributed by atoms with Crippen LogP contribution in [-0.4, -0.2) is 23.4 Å². The van der Waals surface area contributed by atoms with Gasteiger partial charge in [0.2, 0.25) is 0 Å². The van der Waals surface area contributed by atoms with Crippen molar-refractivity contribution in [3.63, 3.8) is 0 Å². The first-order chi connectivity index (χ1) is 13.5. The smallest absolute Gasteiger partial charge is 0.331 e. The second-order valence-corrected chi connectivity index (χ2v) is 5.87. The number of esters is 1. The van der Waals surface area contributed by atoms with Crippen LogP contribution in [0.15, 0.2) is 72.8 Å². The molecular weight excluding hydrogens is 360 g/mol. The Morgan fingerprint density at radius 3 is 2.61 bits per heavy atom. The van der Waals surface area contributed by atoms with Gasteiger partial charge < -0.3 is 10.1 Å². The fourth-order valence-corrected chi connectivity index (χ4v) is 2.61. The van der Waals surface area contributed by atoms with E-state index in [4.69, 9.17) is 4.74 Å². The first kappa shape index (κ1) is 18.8. The quantitative estimate of drug-likeness (QED) is 0.304. The van der Waals surface area contributed by atoms with Gasteiger partial charge in [-0.25, -0.2) is 4.79 Å². The van der Waals surface area contributed by atoms with Crippen LogP contribution < -0.4 is 5.32 Å². The molecular formula is C21H16N2O5. The van der Waals surface area contributed by atoms with E-state index in [0.717, 1.165) is 16.8 Å². The second kappa shape index (κ2) is 8.59. The summed E-state index contributed by atoms with van der Waals surface area (Å²) in [4.78, 5) is 34.1. The summed E-state index contributed by atoms with van der Waals surface area (Å²) in [6.45, 7) is -0.443. The van der Waals surface area contributed by atoms with E-state index in [2.05, 4.69) is 5.32 Å². The number of carbonyl (C=O) groups excluding carboxylic acids is 2. The first-order valence-electron chi connectivity index (χ1n) is 8.40. The van der Waals surface area contributed by atoms with Crippen molar-refractivity contribution in [2.45, 2.75) is 0 Å². The maximum atomic E-state index is 12.1. The van der Waals surface area contributed by atoms with E-state index >= 15 is 0 Å². The minimum Gasteiger partial charge on any atom is -0.452 e. The molecule has 3 rings (SSSR count). The van der Waals surface area contributed by atoms with Crippen molar-refractivity contribution in [2.75, 3.05) is 11.9 Å². The molecule has 28 heavy (non-hydrogen) atoms. The molecule has 1 N–H and O–H groups in total. The number of rotatable bonds is 6. The summed E-state index contributed by atoms with van der Waals surface area (Å²) < 4.78 is 4.92. The van der Waals surface area contributed by atoms with Crippen molar-refractivity contribution in [3.05, 3.63) is 88.5 Å². The topological polar surface area (TPSA) is 98.5 Å². The Hall–Kier alpha value is -4.00. The summed E-state index contributed by atoms with van der Waals surface area (Å²) >= 11 is 0. The highest BCUT2D eigenvalue weighted by Gasteiger charge is 2.08. The van der Waals surface area contributed by atoms with Crippen molar-refractivity contribution in [1.29, 1.82) is 0 Å². The molecule has 0 bridgehead atoms. The number of fused-ring (bicyclic) bond motifs is 1. The van der Waals surface area contributed by atoms with Crippen LogP contribution in [0.4, 0.5) is 11.4 Å². The molecule has 3 aromatic rings. The normalized spacial score (nSPS) is 10.7. The fraction of sp³-hybridized carbons (Fsp3) is 0.0476. The van der Waals surface area contributed by atoms with E-state index in [1.54, 1.807) is 12.1 Å². The van der Waals surface area contributed by atoms with E-state index in [1.165, 1.54) is 24.3 Å². The van der Waals surface area contributed by atoms with Crippen LogP contribution in [0.25, 0.3) is 16.8 Å². The highest BCUT2D eigenvalue weighted by molar-refractivity contribution is 6.03. The van der Waals surface area contributed by atoms with Gasteiger partial charge in [-0.05, 0) is 23.1 Å². The minimum atomic E-state index is -0.723. The molecule has 7 heteroatoms. The van der Waals surface area contributed by atoms with E-state index in [0.29, 0.717) is 11.3 Å². The molecule has 3 aromatic carbocycles. The van der Waals surface area contributed by atoms with E-state index in [1.807, 2.05) is 36.4 Å². The molecule has 0 aromatic heterocycles. The molecule has 0 heterocycles. The molecule has 140 valence electrons. The van der Waals surface area contributed by atoms with Gasteiger partial charge in [-0.3, -0.25) is 14.9 Å². The molecule has 0 saturated carbocycles. The van der Waals surface area contributed by atoms with Crippen LogP contribution >= 0.6 is 0 Å². The van der Waals surface area contributed by atoms with Gasteiger partial charge in [-0.15, -0.1) is 0 Å². The van der Waals surface area contributed by atoms with Gasteiger partial charge in [0, 0.05) is 29.3 Å². The lowest BCUT2D eigenvalue weighted by atomic mass is 10.1. The summed E-state index contributed by atoms with van der Waals surface area (Å²) in [6, 6.07) is 18.9. The molecule has 0 saturated heterocycles. The zero-order chi connectivity index (χ0) is 19.9. The predicted octanol–water partition coefficient (Wildman–Crippen LogP) is 3.94. The zero-order valence-electron chi connectivity index (χ0n) is 14.7. The maximum Gasteiger partial charge on any atom is 0.331 e. The van der Waals surface area contributed by atoms with E-state index < -0.39 is 23.4 Å². The molecule has 0 aliphatic carbocycles. The average Bonchev–Trinajstić information content (AvgIpc) is 2.71. The summed E-state index contributed by atoms with van der Waals surface area (Å²) in [7, 11) is 0. The maximum absolute atomic E-state index is 12.1. The lowest BCUT2D eigenvalue weighted by Crippen LogP contribution is -2.20. The molecule has 0 unspecified atom stereocenters. The summed E-state index contributed by atoms with van der Waals surface area (Å²) in [6.07, 6.45) is 2.50. The zero-order valence-corrected chi connectivity index (χ0v) is 14.7.